The first-order chi connectivity index (χ1) is 13.7. The Labute approximate surface area is 169 Å². The maximum absolute atomic E-state index is 12.4. The van der Waals surface area contributed by atoms with Crippen molar-refractivity contribution < 1.29 is 9.53 Å². The second-order valence-electron chi connectivity index (χ2n) is 8.80. The lowest BCUT2D eigenvalue weighted by Gasteiger charge is -2.41. The molecule has 2 saturated heterocycles. The van der Waals surface area contributed by atoms with Crippen molar-refractivity contribution in [3.63, 3.8) is 0 Å². The van der Waals surface area contributed by atoms with Crippen LogP contribution in [0, 0.1) is 6.92 Å². The van der Waals surface area contributed by atoms with Gasteiger partial charge in [-0.3, -0.25) is 9.69 Å². The molecule has 3 aliphatic rings. The zero-order valence-corrected chi connectivity index (χ0v) is 17.3. The Morgan fingerprint density at radius 1 is 1.04 bits per heavy atom. The molecule has 0 radical (unpaired) electrons. The summed E-state index contributed by atoms with van der Waals surface area (Å²) in [5.74, 6) is 1.01. The number of carbonyl (C=O) groups is 1. The van der Waals surface area contributed by atoms with E-state index in [0.717, 1.165) is 49.0 Å². The molecule has 0 aromatic heterocycles. The fourth-order valence-corrected chi connectivity index (χ4v) is 4.66. The first-order valence-corrected chi connectivity index (χ1v) is 11.2. The van der Waals surface area contributed by atoms with Gasteiger partial charge in [-0.15, -0.1) is 0 Å². The number of aryl methyl sites for hydroxylation is 1. The number of rotatable bonds is 6. The van der Waals surface area contributed by atoms with Crippen LogP contribution >= 0.6 is 0 Å². The molecule has 28 heavy (non-hydrogen) atoms. The third-order valence-electron chi connectivity index (χ3n) is 6.66. The molecule has 1 amide bonds. The Balaban J connectivity index is 1.25. The predicted molar refractivity (Wildman–Crippen MR) is 113 cm³/mol. The van der Waals surface area contributed by atoms with Crippen molar-refractivity contribution in [1.82, 2.24) is 9.80 Å². The van der Waals surface area contributed by atoms with Gasteiger partial charge in [0, 0.05) is 24.8 Å². The second kappa shape index (κ2) is 9.27. The second-order valence-corrected chi connectivity index (χ2v) is 8.80. The van der Waals surface area contributed by atoms with Gasteiger partial charge in [-0.25, -0.2) is 0 Å². The number of nitrogens with one attached hydrogen (secondary N) is 1. The summed E-state index contributed by atoms with van der Waals surface area (Å²) < 4.78 is 6.25. The zero-order chi connectivity index (χ0) is 19.3. The van der Waals surface area contributed by atoms with Gasteiger partial charge in [-0.1, -0.05) is 12.8 Å². The molecule has 1 aromatic rings. The zero-order valence-electron chi connectivity index (χ0n) is 17.3. The minimum absolute atomic E-state index is 0.0852. The van der Waals surface area contributed by atoms with E-state index in [4.69, 9.17) is 4.74 Å². The quantitative estimate of drug-likeness (QED) is 0.809. The molecule has 0 atom stereocenters. The van der Waals surface area contributed by atoms with Crippen LogP contribution in [0.1, 0.15) is 56.9 Å². The molecule has 3 fully saturated rings. The minimum atomic E-state index is 0.0852. The Bertz CT molecular complexity index is 660. The Morgan fingerprint density at radius 3 is 2.43 bits per heavy atom. The highest BCUT2D eigenvalue weighted by Gasteiger charge is 2.29. The van der Waals surface area contributed by atoms with Crippen LogP contribution in [0.25, 0.3) is 0 Å². The number of nitrogens with zero attached hydrogens (tertiary/aromatic N) is 2. The van der Waals surface area contributed by atoms with Gasteiger partial charge in [0.2, 0.25) is 5.91 Å². The van der Waals surface area contributed by atoms with Crippen LogP contribution in [0.3, 0.4) is 0 Å². The largest absolute Gasteiger partial charge is 0.490 e. The molecule has 2 aliphatic heterocycles. The van der Waals surface area contributed by atoms with E-state index in [1.807, 2.05) is 19.1 Å². The summed E-state index contributed by atoms with van der Waals surface area (Å²) in [4.78, 5) is 17.3. The van der Waals surface area contributed by atoms with Gasteiger partial charge < -0.3 is 15.0 Å². The number of ether oxygens (including phenoxy) is 1. The average Bonchev–Trinajstić information content (AvgIpc) is 2.65. The lowest BCUT2D eigenvalue weighted by Crippen LogP contribution is -2.46. The summed E-state index contributed by atoms with van der Waals surface area (Å²) in [5, 5.41) is 3.08. The smallest absolute Gasteiger partial charge is 0.238 e. The lowest BCUT2D eigenvalue weighted by molar-refractivity contribution is -0.117. The molecule has 1 saturated carbocycles. The monoisotopic (exact) mass is 385 g/mol. The van der Waals surface area contributed by atoms with Gasteiger partial charge in [-0.2, -0.15) is 0 Å². The summed E-state index contributed by atoms with van der Waals surface area (Å²) in [6, 6.07) is 6.90. The van der Waals surface area contributed by atoms with Gasteiger partial charge in [-0.05, 0) is 82.3 Å². The van der Waals surface area contributed by atoms with E-state index < -0.39 is 0 Å². The maximum Gasteiger partial charge on any atom is 0.238 e. The fraction of sp³-hybridized carbons (Fsp3) is 0.696. The summed E-state index contributed by atoms with van der Waals surface area (Å²) in [7, 11) is 0. The van der Waals surface area contributed by atoms with Gasteiger partial charge in [0.25, 0.3) is 0 Å². The molecule has 1 N–H and O–H groups in total. The molecule has 1 aliphatic carbocycles. The van der Waals surface area contributed by atoms with Crippen molar-refractivity contribution >= 4 is 11.6 Å². The number of benzene rings is 1. The van der Waals surface area contributed by atoms with Crippen molar-refractivity contribution in [2.75, 3.05) is 38.0 Å². The summed E-state index contributed by atoms with van der Waals surface area (Å²) >= 11 is 0. The lowest BCUT2D eigenvalue weighted by atomic mass is 9.90. The standard InChI is InChI=1S/C23H35N3O2/c1-18-16-21(28-20-10-14-26(15-11-20)19-6-5-7-19)8-9-22(18)24-23(27)17-25-12-3-2-4-13-25/h8-9,16,19-20H,2-7,10-15,17H2,1H3,(H,24,27). The third kappa shape index (κ3) is 5.06. The van der Waals surface area contributed by atoms with Gasteiger partial charge in [0.15, 0.2) is 0 Å². The molecule has 1 aromatic carbocycles. The average molecular weight is 386 g/mol. The van der Waals surface area contributed by atoms with Crippen molar-refractivity contribution in [1.29, 1.82) is 0 Å². The highest BCUT2D eigenvalue weighted by atomic mass is 16.5. The van der Waals surface area contributed by atoms with E-state index in [1.165, 1.54) is 51.6 Å². The molecular formula is C23H35N3O2. The number of likely N-dealkylation sites (tertiary alicyclic amines) is 2. The van der Waals surface area contributed by atoms with Crippen molar-refractivity contribution in [2.24, 2.45) is 0 Å². The van der Waals surface area contributed by atoms with Crippen LogP contribution in [0.5, 0.6) is 5.75 Å². The SMILES string of the molecule is Cc1cc(OC2CCN(C3CCC3)CC2)ccc1NC(=O)CN1CCCCC1. The molecule has 2 heterocycles. The van der Waals surface area contributed by atoms with E-state index in [-0.39, 0.29) is 5.91 Å². The van der Waals surface area contributed by atoms with E-state index in [2.05, 4.69) is 21.2 Å². The Kier molecular flexibility index (Phi) is 6.53. The highest BCUT2D eigenvalue weighted by Crippen LogP contribution is 2.29. The van der Waals surface area contributed by atoms with E-state index in [0.29, 0.717) is 12.6 Å². The first kappa shape index (κ1) is 19.7. The number of hydrogen-bond donors (Lipinski definition) is 1. The van der Waals surface area contributed by atoms with Gasteiger partial charge >= 0.3 is 0 Å². The molecule has 0 spiro atoms. The van der Waals surface area contributed by atoms with Gasteiger partial charge in [0.05, 0.1) is 6.54 Å². The third-order valence-corrected chi connectivity index (χ3v) is 6.66. The number of piperidine rings is 2. The van der Waals surface area contributed by atoms with Crippen LogP contribution < -0.4 is 10.1 Å². The maximum atomic E-state index is 12.4. The summed E-state index contributed by atoms with van der Waals surface area (Å²) in [6.07, 6.45) is 10.4. The normalized spacial score (nSPS) is 22.6. The van der Waals surface area contributed by atoms with Crippen LogP contribution in [0.15, 0.2) is 18.2 Å². The molecule has 5 heteroatoms. The summed E-state index contributed by atoms with van der Waals surface area (Å²) in [5.41, 5.74) is 1.96. The van der Waals surface area contributed by atoms with E-state index in [1.54, 1.807) is 0 Å². The topological polar surface area (TPSA) is 44.8 Å². The molecule has 5 nitrogen and oxygen atoms in total. The molecule has 154 valence electrons. The molecular weight excluding hydrogens is 350 g/mol. The van der Waals surface area contributed by atoms with Crippen molar-refractivity contribution in [3.8, 4) is 5.75 Å². The molecule has 0 bridgehead atoms. The first-order valence-electron chi connectivity index (χ1n) is 11.2. The van der Waals surface area contributed by atoms with Gasteiger partial charge in [0.1, 0.15) is 11.9 Å². The van der Waals surface area contributed by atoms with Crippen molar-refractivity contribution in [3.05, 3.63) is 23.8 Å². The predicted octanol–water partition coefficient (Wildman–Crippen LogP) is 3.82. The highest BCUT2D eigenvalue weighted by molar-refractivity contribution is 5.93. The van der Waals surface area contributed by atoms with Crippen LogP contribution in [-0.4, -0.2) is 60.6 Å². The van der Waals surface area contributed by atoms with Crippen LogP contribution in [-0.2, 0) is 4.79 Å². The number of amides is 1. The number of anilines is 1. The number of hydrogen-bond acceptors (Lipinski definition) is 4. The van der Waals surface area contributed by atoms with E-state index in [9.17, 15) is 4.79 Å². The van der Waals surface area contributed by atoms with Crippen LogP contribution in [0.4, 0.5) is 5.69 Å². The number of carbonyl (C=O) groups excluding carboxylic acids is 1. The Morgan fingerprint density at radius 2 is 1.79 bits per heavy atom. The fourth-order valence-electron chi connectivity index (χ4n) is 4.66. The van der Waals surface area contributed by atoms with Crippen molar-refractivity contribution in [2.45, 2.75) is 70.4 Å². The van der Waals surface area contributed by atoms with E-state index >= 15 is 0 Å². The molecule has 0 unspecified atom stereocenters. The summed E-state index contributed by atoms with van der Waals surface area (Å²) in [6.45, 7) is 6.95. The minimum Gasteiger partial charge on any atom is -0.490 e. The Hall–Kier alpha value is -1.59. The molecule has 4 rings (SSSR count). The van der Waals surface area contributed by atoms with Crippen LogP contribution in [0.2, 0.25) is 0 Å².